The second-order valence-corrected chi connectivity index (χ2v) is 8.60. The van der Waals surface area contributed by atoms with Gasteiger partial charge in [-0.15, -0.1) is 0 Å². The molecule has 1 unspecified atom stereocenters. The third kappa shape index (κ3) is 4.05. The van der Waals surface area contributed by atoms with Gasteiger partial charge in [0.2, 0.25) is 0 Å². The van der Waals surface area contributed by atoms with Gasteiger partial charge >= 0.3 is 0 Å². The lowest BCUT2D eigenvalue weighted by Crippen LogP contribution is -2.49. The molecule has 3 heterocycles. The number of pyridine rings is 1. The Balaban J connectivity index is 1.30. The van der Waals surface area contributed by atoms with Crippen molar-refractivity contribution in [1.29, 1.82) is 0 Å². The number of aliphatic hydroxyl groups is 1. The first-order valence-corrected chi connectivity index (χ1v) is 10.6. The van der Waals surface area contributed by atoms with Crippen molar-refractivity contribution in [1.82, 2.24) is 9.47 Å². The molecule has 4 rings (SSSR count). The van der Waals surface area contributed by atoms with Gasteiger partial charge in [-0.3, -0.25) is 9.69 Å². The van der Waals surface area contributed by atoms with Crippen molar-refractivity contribution in [2.24, 2.45) is 5.92 Å². The highest BCUT2D eigenvalue weighted by Gasteiger charge is 2.34. The number of nitrogens with zero attached hydrogens (tertiary/aromatic N) is 2. The van der Waals surface area contributed by atoms with Crippen LogP contribution in [0.15, 0.2) is 53.3 Å². The van der Waals surface area contributed by atoms with Crippen LogP contribution < -0.4 is 5.56 Å². The predicted octanol–water partition coefficient (Wildman–Crippen LogP) is 2.56. The Morgan fingerprint density at radius 2 is 1.92 bits per heavy atom. The van der Waals surface area contributed by atoms with E-state index in [9.17, 15) is 9.90 Å². The van der Waals surface area contributed by atoms with Gasteiger partial charge in [0.15, 0.2) is 0 Å². The van der Waals surface area contributed by atoms with Crippen molar-refractivity contribution in [2.75, 3.05) is 25.4 Å². The summed E-state index contributed by atoms with van der Waals surface area (Å²) in [5.41, 5.74) is 2.61. The number of fused-ring (bicyclic) bond motifs is 4. The Morgan fingerprint density at radius 3 is 2.77 bits per heavy atom. The largest absolute Gasteiger partial charge is 0.391 e. The molecule has 2 bridgehead atoms. The van der Waals surface area contributed by atoms with Crippen LogP contribution in [0.5, 0.6) is 0 Å². The Morgan fingerprint density at radius 1 is 1.08 bits per heavy atom. The zero-order valence-electron chi connectivity index (χ0n) is 15.0. The zero-order chi connectivity index (χ0) is 17.9. The van der Waals surface area contributed by atoms with Crippen molar-refractivity contribution >= 4 is 11.8 Å². The molecule has 1 aromatic heterocycles. The molecule has 1 N–H and O–H groups in total. The minimum Gasteiger partial charge on any atom is -0.391 e. The Kier molecular flexibility index (Phi) is 5.48. The molecule has 4 nitrogen and oxygen atoms in total. The summed E-state index contributed by atoms with van der Waals surface area (Å²) in [6.07, 6.45) is 0.860. The van der Waals surface area contributed by atoms with E-state index in [1.165, 1.54) is 17.7 Å². The smallest absolute Gasteiger partial charge is 0.250 e. The molecule has 0 saturated carbocycles. The van der Waals surface area contributed by atoms with Crippen LogP contribution in [0.25, 0.3) is 0 Å². The van der Waals surface area contributed by atoms with Crippen LogP contribution in [0.1, 0.15) is 23.6 Å². The van der Waals surface area contributed by atoms with Gasteiger partial charge < -0.3 is 9.67 Å². The fourth-order valence-electron chi connectivity index (χ4n) is 4.38. The summed E-state index contributed by atoms with van der Waals surface area (Å²) in [5, 5.41) is 10.5. The molecule has 26 heavy (non-hydrogen) atoms. The van der Waals surface area contributed by atoms with Crippen LogP contribution in [0.2, 0.25) is 0 Å². The highest BCUT2D eigenvalue weighted by molar-refractivity contribution is 7.98. The van der Waals surface area contributed by atoms with Gasteiger partial charge in [-0.1, -0.05) is 36.4 Å². The van der Waals surface area contributed by atoms with E-state index >= 15 is 0 Å². The van der Waals surface area contributed by atoms with Gasteiger partial charge in [0.25, 0.3) is 5.56 Å². The molecule has 3 atom stereocenters. The monoisotopic (exact) mass is 370 g/mol. The number of piperidine rings is 1. The molecular formula is C21H26N2O2S. The number of aromatic nitrogens is 1. The maximum atomic E-state index is 12.1. The van der Waals surface area contributed by atoms with Crippen molar-refractivity contribution in [3.05, 3.63) is 70.1 Å². The lowest BCUT2D eigenvalue weighted by Gasteiger charge is -2.43. The highest BCUT2D eigenvalue weighted by atomic mass is 32.2. The summed E-state index contributed by atoms with van der Waals surface area (Å²) >= 11 is 1.79. The molecular weight excluding hydrogens is 344 g/mol. The van der Waals surface area contributed by atoms with Crippen LogP contribution in [-0.2, 0) is 12.3 Å². The SMILES string of the molecule is O=c1cccc2n1C[C@H]1C[C@@H]2CN(CC(O)CSCc2ccccc2)C1. The maximum Gasteiger partial charge on any atom is 0.250 e. The molecule has 0 aliphatic carbocycles. The fraction of sp³-hybridized carbons (Fsp3) is 0.476. The van der Waals surface area contributed by atoms with Crippen LogP contribution >= 0.6 is 11.8 Å². The number of thioether (sulfide) groups is 1. The van der Waals surface area contributed by atoms with Gasteiger partial charge in [0, 0.05) is 55.4 Å². The van der Waals surface area contributed by atoms with E-state index in [0.717, 1.165) is 37.7 Å². The molecule has 2 aromatic rings. The first-order chi connectivity index (χ1) is 12.7. The van der Waals surface area contributed by atoms with Crippen molar-refractivity contribution in [3.63, 3.8) is 0 Å². The molecule has 2 aliphatic heterocycles. The molecule has 138 valence electrons. The number of rotatable bonds is 6. The summed E-state index contributed by atoms with van der Waals surface area (Å²) in [4.78, 5) is 14.5. The summed E-state index contributed by atoms with van der Waals surface area (Å²) in [5.74, 6) is 2.64. The molecule has 0 spiro atoms. The van der Waals surface area contributed by atoms with E-state index in [1.807, 2.05) is 16.7 Å². The second-order valence-electron chi connectivity index (χ2n) is 7.57. The molecule has 0 radical (unpaired) electrons. The topological polar surface area (TPSA) is 45.5 Å². The molecule has 0 amide bonds. The van der Waals surface area contributed by atoms with Gasteiger partial charge in [-0.05, 0) is 24.0 Å². The molecule has 1 saturated heterocycles. The van der Waals surface area contributed by atoms with E-state index in [0.29, 0.717) is 11.8 Å². The van der Waals surface area contributed by atoms with Crippen molar-refractivity contribution in [3.8, 4) is 0 Å². The van der Waals surface area contributed by atoms with Crippen molar-refractivity contribution < 1.29 is 5.11 Å². The standard InChI is InChI=1S/C21H26N2O2S/c24-19(15-26-14-16-5-2-1-3-6-16)13-22-10-17-9-18(12-22)20-7-4-8-21(25)23(20)11-17/h1-8,17-19,24H,9-15H2/t17-,18+,19?/m0/s1. The molecule has 1 aromatic carbocycles. The lowest BCUT2D eigenvalue weighted by molar-refractivity contribution is 0.0717. The van der Waals surface area contributed by atoms with Gasteiger partial charge in [-0.25, -0.2) is 0 Å². The zero-order valence-corrected chi connectivity index (χ0v) is 15.8. The van der Waals surface area contributed by atoms with Crippen LogP contribution in [-0.4, -0.2) is 46.1 Å². The predicted molar refractivity (Wildman–Crippen MR) is 107 cm³/mol. The quantitative estimate of drug-likeness (QED) is 0.849. The number of β-amino-alcohol motifs (C(OH)–C–C–N with tert-alkyl or cyclic N) is 1. The van der Waals surface area contributed by atoms with Gasteiger partial charge in [0.05, 0.1) is 6.10 Å². The first-order valence-electron chi connectivity index (χ1n) is 9.41. The summed E-state index contributed by atoms with van der Waals surface area (Å²) in [7, 11) is 0. The summed E-state index contributed by atoms with van der Waals surface area (Å²) < 4.78 is 1.96. The molecule has 2 aliphatic rings. The lowest BCUT2D eigenvalue weighted by atomic mass is 9.83. The number of aliphatic hydroxyl groups excluding tert-OH is 1. The van der Waals surface area contributed by atoms with Crippen LogP contribution in [0.3, 0.4) is 0 Å². The second kappa shape index (κ2) is 7.99. The van der Waals surface area contributed by atoms with Gasteiger partial charge in [-0.2, -0.15) is 11.8 Å². The maximum absolute atomic E-state index is 12.1. The fourth-order valence-corrected chi connectivity index (χ4v) is 5.31. The van der Waals surface area contributed by atoms with E-state index in [4.69, 9.17) is 0 Å². The first kappa shape index (κ1) is 17.8. The minimum absolute atomic E-state index is 0.128. The average molecular weight is 371 g/mol. The third-order valence-electron chi connectivity index (χ3n) is 5.45. The molecule has 1 fully saturated rings. The number of benzene rings is 1. The third-order valence-corrected chi connectivity index (χ3v) is 6.60. The number of likely N-dealkylation sites (tertiary alicyclic amines) is 1. The normalized spacial score (nSPS) is 23.4. The van der Waals surface area contributed by atoms with E-state index in [1.54, 1.807) is 17.8 Å². The Hall–Kier alpha value is -1.56. The van der Waals surface area contributed by atoms with E-state index < -0.39 is 0 Å². The van der Waals surface area contributed by atoms with Gasteiger partial charge in [0.1, 0.15) is 0 Å². The van der Waals surface area contributed by atoms with E-state index in [-0.39, 0.29) is 11.7 Å². The van der Waals surface area contributed by atoms with Crippen molar-refractivity contribution in [2.45, 2.75) is 30.7 Å². The van der Waals surface area contributed by atoms with Crippen LogP contribution in [0, 0.1) is 5.92 Å². The molecule has 5 heteroatoms. The summed E-state index contributed by atoms with van der Waals surface area (Å²) in [6, 6.07) is 16.0. The Labute approximate surface area is 158 Å². The highest BCUT2D eigenvalue weighted by Crippen LogP contribution is 2.34. The van der Waals surface area contributed by atoms with E-state index in [2.05, 4.69) is 35.2 Å². The van der Waals surface area contributed by atoms with Crippen LogP contribution in [0.4, 0.5) is 0 Å². The minimum atomic E-state index is -0.305. The summed E-state index contributed by atoms with van der Waals surface area (Å²) in [6.45, 7) is 3.48. The number of hydrogen-bond donors (Lipinski definition) is 1. The average Bonchev–Trinajstić information content (AvgIpc) is 2.63. The number of hydrogen-bond acceptors (Lipinski definition) is 4. The Bertz CT molecular complexity index is 792.